The lowest BCUT2D eigenvalue weighted by atomic mass is 10.4. The largest absolute Gasteiger partial charge is 0.383 e. The summed E-state index contributed by atoms with van der Waals surface area (Å²) < 4.78 is 5.01. The molecule has 0 saturated heterocycles. The monoisotopic (exact) mass is 215 g/mol. The van der Waals surface area contributed by atoms with Gasteiger partial charge in [-0.15, -0.1) is 0 Å². The maximum absolute atomic E-state index is 5.70. The Morgan fingerprint density at radius 3 is 2.93 bits per heavy atom. The summed E-state index contributed by atoms with van der Waals surface area (Å²) in [6.07, 6.45) is 1.65. The smallest absolute Gasteiger partial charge is 0.224 e. The Morgan fingerprint density at radius 1 is 1.57 bits per heavy atom. The van der Waals surface area contributed by atoms with Gasteiger partial charge in [-0.3, -0.25) is 0 Å². The van der Waals surface area contributed by atoms with E-state index in [1.165, 1.54) is 0 Å². The van der Waals surface area contributed by atoms with E-state index in [0.29, 0.717) is 6.61 Å². The Balaban J connectivity index is 2.68. The van der Waals surface area contributed by atoms with Crippen molar-refractivity contribution in [2.24, 2.45) is 0 Å². The second-order valence-electron chi connectivity index (χ2n) is 2.76. The summed E-state index contributed by atoms with van der Waals surface area (Å²) in [6.45, 7) is 4.41. The number of ether oxygens (including phenoxy) is 1. The lowest BCUT2D eigenvalue weighted by molar-refractivity contribution is 0.205. The van der Waals surface area contributed by atoms with E-state index in [0.717, 1.165) is 18.9 Å². The fourth-order valence-electron chi connectivity index (χ4n) is 1.14. The van der Waals surface area contributed by atoms with Crippen molar-refractivity contribution in [1.29, 1.82) is 0 Å². The number of rotatable bonds is 5. The minimum atomic E-state index is 0.276. The molecule has 0 aliphatic heterocycles. The summed E-state index contributed by atoms with van der Waals surface area (Å²) >= 11 is 5.70. The lowest BCUT2D eigenvalue weighted by Crippen LogP contribution is -2.27. The first-order valence-corrected chi connectivity index (χ1v) is 4.88. The minimum absolute atomic E-state index is 0.276. The van der Waals surface area contributed by atoms with Gasteiger partial charge < -0.3 is 9.64 Å². The van der Waals surface area contributed by atoms with Gasteiger partial charge in [0.05, 0.1) is 6.61 Å². The summed E-state index contributed by atoms with van der Waals surface area (Å²) in [5, 5.41) is 0.276. The molecule has 78 valence electrons. The van der Waals surface area contributed by atoms with Crippen LogP contribution in [0, 0.1) is 0 Å². The lowest BCUT2D eigenvalue weighted by Gasteiger charge is -2.20. The quantitative estimate of drug-likeness (QED) is 0.700. The third-order valence-electron chi connectivity index (χ3n) is 1.88. The van der Waals surface area contributed by atoms with Crippen LogP contribution in [0.25, 0.3) is 0 Å². The van der Waals surface area contributed by atoms with Gasteiger partial charge in [0, 0.05) is 26.4 Å². The Labute approximate surface area is 88.9 Å². The van der Waals surface area contributed by atoms with Crippen LogP contribution in [-0.4, -0.2) is 36.8 Å². The molecule has 14 heavy (non-hydrogen) atoms. The standard InChI is InChI=1S/C9H14ClN3O/c1-3-13(6-7-14-2)8-4-5-11-9(10)12-8/h4-5H,3,6-7H2,1-2H3. The minimum Gasteiger partial charge on any atom is -0.383 e. The summed E-state index contributed by atoms with van der Waals surface area (Å²) in [6, 6.07) is 1.84. The third kappa shape index (κ3) is 3.12. The van der Waals surface area contributed by atoms with Gasteiger partial charge in [-0.1, -0.05) is 0 Å². The molecule has 4 nitrogen and oxygen atoms in total. The van der Waals surface area contributed by atoms with Gasteiger partial charge in [0.1, 0.15) is 5.82 Å². The number of nitrogens with zero attached hydrogens (tertiary/aromatic N) is 3. The van der Waals surface area contributed by atoms with Gasteiger partial charge >= 0.3 is 0 Å². The fraction of sp³-hybridized carbons (Fsp3) is 0.556. The SMILES string of the molecule is CCN(CCOC)c1ccnc(Cl)n1. The number of anilines is 1. The van der Waals surface area contributed by atoms with E-state index in [-0.39, 0.29) is 5.28 Å². The maximum Gasteiger partial charge on any atom is 0.224 e. The van der Waals surface area contributed by atoms with Gasteiger partial charge in [-0.25, -0.2) is 9.97 Å². The number of methoxy groups -OCH3 is 1. The summed E-state index contributed by atoms with van der Waals surface area (Å²) in [5.41, 5.74) is 0. The van der Waals surface area contributed by atoms with E-state index in [4.69, 9.17) is 16.3 Å². The molecule has 0 spiro atoms. The van der Waals surface area contributed by atoms with E-state index in [2.05, 4.69) is 21.8 Å². The molecule has 0 saturated carbocycles. The molecule has 0 unspecified atom stereocenters. The van der Waals surface area contributed by atoms with Crippen LogP contribution in [0.1, 0.15) is 6.92 Å². The molecule has 0 atom stereocenters. The van der Waals surface area contributed by atoms with Crippen LogP contribution in [0.3, 0.4) is 0 Å². The first-order valence-electron chi connectivity index (χ1n) is 4.50. The van der Waals surface area contributed by atoms with Crippen LogP contribution in [0.4, 0.5) is 5.82 Å². The van der Waals surface area contributed by atoms with Crippen LogP contribution in [-0.2, 0) is 4.74 Å². The van der Waals surface area contributed by atoms with Crippen LogP contribution >= 0.6 is 11.6 Å². The molecule has 0 N–H and O–H groups in total. The second kappa shape index (κ2) is 5.78. The molecule has 0 bridgehead atoms. The first-order chi connectivity index (χ1) is 6.77. The van der Waals surface area contributed by atoms with Crippen molar-refractivity contribution in [2.75, 3.05) is 31.7 Å². The molecule has 0 aliphatic rings. The highest BCUT2D eigenvalue weighted by Crippen LogP contribution is 2.11. The molecular formula is C9H14ClN3O. The molecule has 1 aromatic rings. The number of halogens is 1. The van der Waals surface area contributed by atoms with Gasteiger partial charge in [0.15, 0.2) is 0 Å². The van der Waals surface area contributed by atoms with Crippen LogP contribution in [0.15, 0.2) is 12.3 Å². The Hall–Kier alpha value is -0.870. The predicted octanol–water partition coefficient (Wildman–Crippen LogP) is 1.60. The molecular weight excluding hydrogens is 202 g/mol. The van der Waals surface area contributed by atoms with Crippen LogP contribution in [0.2, 0.25) is 5.28 Å². The topological polar surface area (TPSA) is 38.2 Å². The molecule has 0 radical (unpaired) electrons. The Kier molecular flexibility index (Phi) is 4.62. The van der Waals surface area contributed by atoms with Crippen molar-refractivity contribution in [2.45, 2.75) is 6.92 Å². The van der Waals surface area contributed by atoms with E-state index >= 15 is 0 Å². The van der Waals surface area contributed by atoms with Gasteiger partial charge in [0.2, 0.25) is 5.28 Å². The predicted molar refractivity (Wildman–Crippen MR) is 56.8 cm³/mol. The van der Waals surface area contributed by atoms with E-state index < -0.39 is 0 Å². The second-order valence-corrected chi connectivity index (χ2v) is 3.09. The average molecular weight is 216 g/mol. The highest BCUT2D eigenvalue weighted by Gasteiger charge is 2.05. The molecule has 1 rings (SSSR count). The number of likely N-dealkylation sites (N-methyl/N-ethyl adjacent to an activating group) is 1. The summed E-state index contributed by atoms with van der Waals surface area (Å²) in [5.74, 6) is 0.838. The van der Waals surface area contributed by atoms with E-state index in [9.17, 15) is 0 Å². The van der Waals surface area contributed by atoms with E-state index in [1.54, 1.807) is 13.3 Å². The Bertz CT molecular complexity index is 283. The summed E-state index contributed by atoms with van der Waals surface area (Å²) in [4.78, 5) is 10.0. The van der Waals surface area contributed by atoms with Crippen molar-refractivity contribution in [3.05, 3.63) is 17.5 Å². The van der Waals surface area contributed by atoms with Gasteiger partial charge in [-0.2, -0.15) is 0 Å². The highest BCUT2D eigenvalue weighted by molar-refractivity contribution is 6.28. The zero-order chi connectivity index (χ0) is 10.4. The molecule has 1 aromatic heterocycles. The first kappa shape index (κ1) is 11.2. The number of aromatic nitrogens is 2. The third-order valence-corrected chi connectivity index (χ3v) is 2.06. The number of hydrogen-bond acceptors (Lipinski definition) is 4. The summed E-state index contributed by atoms with van der Waals surface area (Å²) in [7, 11) is 1.68. The molecule has 0 aliphatic carbocycles. The highest BCUT2D eigenvalue weighted by atomic mass is 35.5. The van der Waals surface area contributed by atoms with Gasteiger partial charge in [-0.05, 0) is 24.6 Å². The fourth-order valence-corrected chi connectivity index (χ4v) is 1.28. The molecule has 1 heterocycles. The maximum atomic E-state index is 5.70. The van der Waals surface area contributed by atoms with Crippen LogP contribution < -0.4 is 4.90 Å². The molecule has 0 fully saturated rings. The average Bonchev–Trinajstić information content (AvgIpc) is 2.19. The molecule has 0 aromatic carbocycles. The zero-order valence-corrected chi connectivity index (χ0v) is 9.16. The van der Waals surface area contributed by atoms with Gasteiger partial charge in [0.25, 0.3) is 0 Å². The Morgan fingerprint density at radius 2 is 2.36 bits per heavy atom. The van der Waals surface area contributed by atoms with Crippen molar-refractivity contribution in [1.82, 2.24) is 9.97 Å². The van der Waals surface area contributed by atoms with Crippen molar-refractivity contribution < 1.29 is 4.74 Å². The normalized spacial score (nSPS) is 10.2. The van der Waals surface area contributed by atoms with Crippen molar-refractivity contribution in [3.8, 4) is 0 Å². The number of hydrogen-bond donors (Lipinski definition) is 0. The molecule has 5 heteroatoms. The molecule has 0 amide bonds. The van der Waals surface area contributed by atoms with E-state index in [1.807, 2.05) is 6.07 Å². The zero-order valence-electron chi connectivity index (χ0n) is 8.40. The van der Waals surface area contributed by atoms with Crippen molar-refractivity contribution in [3.63, 3.8) is 0 Å². The van der Waals surface area contributed by atoms with Crippen LogP contribution in [0.5, 0.6) is 0 Å². The van der Waals surface area contributed by atoms with Crippen molar-refractivity contribution >= 4 is 17.4 Å².